The average molecular weight is 405 g/mol. The summed E-state index contributed by atoms with van der Waals surface area (Å²) in [5.74, 6) is 0. The molecule has 1 aliphatic rings. The minimum atomic E-state index is -2.42. The first-order chi connectivity index (χ1) is 12.2. The first-order valence-corrected chi connectivity index (χ1v) is 14.4. The highest BCUT2D eigenvalue weighted by Crippen LogP contribution is 2.44. The third-order valence-corrected chi connectivity index (χ3v) is 16.5. The Balaban J connectivity index is 2.61. The van der Waals surface area contributed by atoms with Crippen molar-refractivity contribution in [1.82, 2.24) is 9.47 Å². The first kappa shape index (κ1) is 24.3. The van der Waals surface area contributed by atoms with E-state index in [0.717, 1.165) is 35.6 Å². The SMILES string of the molecule is CO[Si](CCCN1CCN([Si](C(C)C)(C(C)C)C(C)C)CC1)(OC)OC. The van der Waals surface area contributed by atoms with Crippen LogP contribution in [0.5, 0.6) is 0 Å². The maximum absolute atomic E-state index is 5.54. The van der Waals surface area contributed by atoms with E-state index in [9.17, 15) is 0 Å². The van der Waals surface area contributed by atoms with Crippen molar-refractivity contribution < 1.29 is 13.3 Å². The van der Waals surface area contributed by atoms with Crippen molar-refractivity contribution in [2.45, 2.75) is 70.6 Å². The zero-order valence-electron chi connectivity index (χ0n) is 18.8. The fourth-order valence-corrected chi connectivity index (χ4v) is 14.4. The van der Waals surface area contributed by atoms with Gasteiger partial charge in [0.05, 0.1) is 0 Å². The maximum Gasteiger partial charge on any atom is 0.500 e. The summed E-state index contributed by atoms with van der Waals surface area (Å²) in [4.78, 5) is 2.61. The van der Waals surface area contributed by atoms with Gasteiger partial charge in [0.15, 0.2) is 0 Å². The zero-order chi connectivity index (χ0) is 20.0. The van der Waals surface area contributed by atoms with Crippen molar-refractivity contribution in [3.05, 3.63) is 0 Å². The van der Waals surface area contributed by atoms with Crippen LogP contribution in [-0.2, 0) is 13.3 Å². The van der Waals surface area contributed by atoms with Gasteiger partial charge in [-0.3, -0.25) is 0 Å². The van der Waals surface area contributed by atoms with E-state index < -0.39 is 17.0 Å². The highest BCUT2D eigenvalue weighted by Gasteiger charge is 2.48. The van der Waals surface area contributed by atoms with Crippen molar-refractivity contribution in [3.8, 4) is 0 Å². The number of hydrogen-bond donors (Lipinski definition) is 0. The van der Waals surface area contributed by atoms with Gasteiger partial charge in [-0.25, -0.2) is 0 Å². The van der Waals surface area contributed by atoms with Crippen molar-refractivity contribution in [1.29, 1.82) is 0 Å². The number of rotatable bonds is 11. The molecule has 1 saturated heterocycles. The molecular weight excluding hydrogens is 360 g/mol. The van der Waals surface area contributed by atoms with Crippen LogP contribution >= 0.6 is 0 Å². The van der Waals surface area contributed by atoms with Gasteiger partial charge in [-0.15, -0.1) is 0 Å². The fraction of sp³-hybridized carbons (Fsp3) is 1.00. The predicted octanol–water partition coefficient (Wildman–Crippen LogP) is 4.05. The van der Waals surface area contributed by atoms with Crippen LogP contribution in [-0.4, -0.2) is 80.6 Å². The summed E-state index contributed by atoms with van der Waals surface area (Å²) in [6.45, 7) is 20.7. The lowest BCUT2D eigenvalue weighted by atomic mass is 10.3. The third-order valence-electron chi connectivity index (χ3n) is 6.58. The molecule has 7 heteroatoms. The molecule has 0 aliphatic carbocycles. The Morgan fingerprint density at radius 3 is 1.50 bits per heavy atom. The van der Waals surface area contributed by atoms with Crippen LogP contribution in [0.25, 0.3) is 0 Å². The van der Waals surface area contributed by atoms with Gasteiger partial charge in [-0.2, -0.15) is 0 Å². The zero-order valence-corrected chi connectivity index (χ0v) is 20.8. The number of piperazine rings is 1. The van der Waals surface area contributed by atoms with Crippen molar-refractivity contribution >= 4 is 17.0 Å². The van der Waals surface area contributed by atoms with Gasteiger partial charge in [0.25, 0.3) is 0 Å². The second-order valence-corrected chi connectivity index (χ2v) is 17.5. The molecule has 0 aromatic rings. The summed E-state index contributed by atoms with van der Waals surface area (Å²) < 4.78 is 19.5. The van der Waals surface area contributed by atoms with Crippen molar-refractivity contribution in [2.75, 3.05) is 54.1 Å². The Morgan fingerprint density at radius 2 is 1.15 bits per heavy atom. The normalized spacial score (nSPS) is 18.5. The van der Waals surface area contributed by atoms with E-state index in [1.165, 1.54) is 26.2 Å². The van der Waals surface area contributed by atoms with Crippen LogP contribution in [0.1, 0.15) is 48.0 Å². The monoisotopic (exact) mass is 404 g/mol. The molecule has 0 N–H and O–H groups in total. The van der Waals surface area contributed by atoms with E-state index in [-0.39, 0.29) is 0 Å². The molecule has 5 nitrogen and oxygen atoms in total. The minimum absolute atomic E-state index is 0.797. The Kier molecular flexibility index (Phi) is 9.98. The molecule has 1 aliphatic heterocycles. The molecule has 0 atom stereocenters. The fourth-order valence-electron chi connectivity index (χ4n) is 5.53. The van der Waals surface area contributed by atoms with E-state index in [2.05, 4.69) is 51.0 Å². The van der Waals surface area contributed by atoms with Gasteiger partial charge in [0.2, 0.25) is 0 Å². The Morgan fingerprint density at radius 1 is 0.731 bits per heavy atom. The molecule has 0 radical (unpaired) electrons. The van der Waals surface area contributed by atoms with Crippen LogP contribution in [0.4, 0.5) is 0 Å². The molecule has 26 heavy (non-hydrogen) atoms. The number of hydrogen-bond acceptors (Lipinski definition) is 5. The highest BCUT2D eigenvalue weighted by molar-refractivity contribution is 6.81. The first-order valence-electron chi connectivity index (χ1n) is 10.3. The quantitative estimate of drug-likeness (QED) is 0.485. The summed E-state index contributed by atoms with van der Waals surface area (Å²) in [6, 6.07) is 0.888. The van der Waals surface area contributed by atoms with E-state index >= 15 is 0 Å². The molecule has 156 valence electrons. The second-order valence-electron chi connectivity index (χ2n) is 8.58. The molecule has 1 heterocycles. The van der Waals surface area contributed by atoms with Crippen molar-refractivity contribution in [3.63, 3.8) is 0 Å². The van der Waals surface area contributed by atoms with E-state index in [1.54, 1.807) is 21.3 Å². The van der Waals surface area contributed by atoms with E-state index in [0.29, 0.717) is 0 Å². The lowest BCUT2D eigenvalue weighted by Crippen LogP contribution is -2.65. The van der Waals surface area contributed by atoms with Crippen LogP contribution in [0.2, 0.25) is 22.7 Å². The second kappa shape index (κ2) is 10.7. The number of nitrogens with zero attached hydrogens (tertiary/aromatic N) is 2. The lowest BCUT2D eigenvalue weighted by molar-refractivity contribution is 0.119. The molecule has 1 fully saturated rings. The minimum Gasteiger partial charge on any atom is -0.377 e. The molecular formula is C19H44N2O3Si2. The Labute approximate surface area is 164 Å². The van der Waals surface area contributed by atoms with Gasteiger partial charge >= 0.3 is 8.80 Å². The lowest BCUT2D eigenvalue weighted by Gasteiger charge is -2.53. The molecule has 0 spiro atoms. The summed E-state index contributed by atoms with van der Waals surface area (Å²) in [6.07, 6.45) is 1.07. The molecule has 0 aromatic carbocycles. The van der Waals surface area contributed by atoms with Gasteiger partial charge in [-0.1, -0.05) is 41.5 Å². The molecule has 0 saturated carbocycles. The summed E-state index contributed by atoms with van der Waals surface area (Å²) in [5.41, 5.74) is 2.39. The van der Waals surface area contributed by atoms with Gasteiger partial charge in [0.1, 0.15) is 8.24 Å². The smallest absolute Gasteiger partial charge is 0.377 e. The van der Waals surface area contributed by atoms with Gasteiger partial charge in [0, 0.05) is 53.6 Å². The van der Waals surface area contributed by atoms with Crippen LogP contribution < -0.4 is 0 Å². The summed E-state index contributed by atoms with van der Waals surface area (Å²) in [5, 5.41) is 0. The van der Waals surface area contributed by atoms with E-state index in [1.807, 2.05) is 0 Å². The molecule has 0 bridgehead atoms. The van der Waals surface area contributed by atoms with E-state index in [4.69, 9.17) is 13.3 Å². The largest absolute Gasteiger partial charge is 0.500 e. The molecule has 0 aromatic heterocycles. The summed E-state index contributed by atoms with van der Waals surface area (Å²) >= 11 is 0. The van der Waals surface area contributed by atoms with Crippen LogP contribution in [0, 0.1) is 0 Å². The third kappa shape index (κ3) is 5.18. The molecule has 0 amide bonds. The Hall–Kier alpha value is 0.234. The van der Waals surface area contributed by atoms with Gasteiger partial charge in [-0.05, 0) is 29.6 Å². The standard InChI is InChI=1S/C19H44N2O3Si2/c1-17(2)26(18(3)4,19(5)6)21-14-12-20(13-15-21)11-10-16-25(22-7,23-8)24-9/h17-19H,10-16H2,1-9H3. The van der Waals surface area contributed by atoms with Gasteiger partial charge < -0.3 is 22.7 Å². The van der Waals surface area contributed by atoms with Crippen LogP contribution in [0.15, 0.2) is 0 Å². The molecule has 1 rings (SSSR count). The highest BCUT2D eigenvalue weighted by atomic mass is 28.4. The maximum atomic E-state index is 5.54. The molecule has 0 unspecified atom stereocenters. The topological polar surface area (TPSA) is 34.2 Å². The summed E-state index contributed by atoms with van der Waals surface area (Å²) in [7, 11) is 1.20. The predicted molar refractivity (Wildman–Crippen MR) is 115 cm³/mol. The average Bonchev–Trinajstić information content (AvgIpc) is 2.60. The van der Waals surface area contributed by atoms with Crippen molar-refractivity contribution in [2.24, 2.45) is 0 Å². The van der Waals surface area contributed by atoms with Crippen LogP contribution in [0.3, 0.4) is 0 Å². The Bertz CT molecular complexity index is 366.